The van der Waals surface area contributed by atoms with E-state index in [9.17, 15) is 9.59 Å². The molecule has 0 saturated carbocycles. The molecule has 2 N–H and O–H groups in total. The molecule has 0 radical (unpaired) electrons. The Morgan fingerprint density at radius 3 is 2.23 bits per heavy atom. The second kappa shape index (κ2) is 9.13. The van der Waals surface area contributed by atoms with Crippen LogP contribution in [0.5, 0.6) is 0 Å². The lowest BCUT2D eigenvalue weighted by atomic mass is 10.1. The van der Waals surface area contributed by atoms with Crippen molar-refractivity contribution in [1.82, 2.24) is 10.6 Å². The Bertz CT molecular complexity index is 1060. The van der Waals surface area contributed by atoms with Gasteiger partial charge in [0.05, 0.1) is 0 Å². The summed E-state index contributed by atoms with van der Waals surface area (Å²) in [6, 6.07) is 20.0. The van der Waals surface area contributed by atoms with Gasteiger partial charge in [-0.3, -0.25) is 9.59 Å². The Hall–Kier alpha value is -3.12. The SMILES string of the molecule is CC(C)(C)NC(=O)/C(=C/c1ccc(-c2ccc(Br)cc2)o1)NC(=O)c1ccccc1. The number of rotatable bonds is 5. The molecule has 30 heavy (non-hydrogen) atoms. The number of furan rings is 1. The molecule has 154 valence electrons. The van der Waals surface area contributed by atoms with Crippen molar-refractivity contribution >= 4 is 33.8 Å². The van der Waals surface area contributed by atoms with Crippen molar-refractivity contribution in [3.63, 3.8) is 0 Å². The third kappa shape index (κ3) is 5.94. The predicted octanol–water partition coefficient (Wildman–Crippen LogP) is 5.39. The minimum absolute atomic E-state index is 0.107. The molecule has 0 saturated heterocycles. The largest absolute Gasteiger partial charge is 0.457 e. The van der Waals surface area contributed by atoms with Gasteiger partial charge in [-0.25, -0.2) is 0 Å². The smallest absolute Gasteiger partial charge is 0.268 e. The average molecular weight is 467 g/mol. The maximum atomic E-state index is 12.8. The van der Waals surface area contributed by atoms with Gasteiger partial charge in [0.2, 0.25) is 0 Å². The van der Waals surface area contributed by atoms with Crippen LogP contribution in [0.1, 0.15) is 36.9 Å². The molecule has 0 fully saturated rings. The van der Waals surface area contributed by atoms with Crippen LogP contribution in [-0.4, -0.2) is 17.4 Å². The van der Waals surface area contributed by atoms with Crippen molar-refractivity contribution in [2.24, 2.45) is 0 Å². The fourth-order valence-electron chi connectivity index (χ4n) is 2.69. The van der Waals surface area contributed by atoms with Gasteiger partial charge in [0, 0.05) is 27.2 Å². The molecule has 2 amide bonds. The van der Waals surface area contributed by atoms with E-state index in [0.29, 0.717) is 17.1 Å². The summed E-state index contributed by atoms with van der Waals surface area (Å²) in [7, 11) is 0. The molecule has 2 aromatic carbocycles. The van der Waals surface area contributed by atoms with Crippen LogP contribution in [0.15, 0.2) is 81.3 Å². The Morgan fingerprint density at radius 2 is 1.60 bits per heavy atom. The van der Waals surface area contributed by atoms with Crippen LogP contribution in [0, 0.1) is 0 Å². The first-order valence-corrected chi connectivity index (χ1v) is 10.3. The fraction of sp³-hybridized carbons (Fsp3) is 0.167. The highest BCUT2D eigenvalue weighted by Gasteiger charge is 2.20. The summed E-state index contributed by atoms with van der Waals surface area (Å²) in [5, 5.41) is 5.58. The lowest BCUT2D eigenvalue weighted by Gasteiger charge is -2.21. The molecule has 0 aliphatic carbocycles. The minimum atomic E-state index is -0.459. The summed E-state index contributed by atoms with van der Waals surface area (Å²) in [5.41, 5.74) is 1.02. The molecule has 3 aromatic rings. The monoisotopic (exact) mass is 466 g/mol. The van der Waals surface area contributed by atoms with Gasteiger partial charge < -0.3 is 15.1 Å². The van der Waals surface area contributed by atoms with Gasteiger partial charge in [0.15, 0.2) is 0 Å². The molecule has 0 aliphatic rings. The van der Waals surface area contributed by atoms with Crippen LogP contribution < -0.4 is 10.6 Å². The van der Waals surface area contributed by atoms with Gasteiger partial charge in [-0.15, -0.1) is 0 Å². The highest BCUT2D eigenvalue weighted by atomic mass is 79.9. The lowest BCUT2D eigenvalue weighted by molar-refractivity contribution is -0.119. The predicted molar refractivity (Wildman–Crippen MR) is 122 cm³/mol. The number of carbonyl (C=O) groups is 2. The Balaban J connectivity index is 1.89. The van der Waals surface area contributed by atoms with Crippen molar-refractivity contribution in [2.75, 3.05) is 0 Å². The van der Waals surface area contributed by atoms with Crippen molar-refractivity contribution in [3.05, 3.63) is 88.2 Å². The van der Waals surface area contributed by atoms with Gasteiger partial charge in [0.25, 0.3) is 11.8 Å². The number of hydrogen-bond donors (Lipinski definition) is 2. The molecular weight excluding hydrogens is 444 g/mol. The van der Waals surface area contributed by atoms with Gasteiger partial charge >= 0.3 is 0 Å². The number of nitrogens with one attached hydrogen (secondary N) is 2. The van der Waals surface area contributed by atoms with Crippen LogP contribution >= 0.6 is 15.9 Å². The van der Waals surface area contributed by atoms with E-state index in [4.69, 9.17) is 4.42 Å². The molecule has 0 spiro atoms. The molecule has 1 heterocycles. The zero-order valence-electron chi connectivity index (χ0n) is 17.0. The molecule has 5 nitrogen and oxygen atoms in total. The lowest BCUT2D eigenvalue weighted by Crippen LogP contribution is -2.44. The van der Waals surface area contributed by atoms with Crippen LogP contribution in [0.3, 0.4) is 0 Å². The van der Waals surface area contributed by atoms with E-state index in [2.05, 4.69) is 26.6 Å². The standard InChI is InChI=1S/C24H23BrN2O3/c1-24(2,3)27-23(29)20(26-22(28)17-7-5-4-6-8-17)15-19-13-14-21(30-19)16-9-11-18(25)12-10-16/h4-15H,1-3H3,(H,26,28)(H,27,29)/b20-15-. The van der Waals surface area contributed by atoms with E-state index in [-0.39, 0.29) is 11.6 Å². The minimum Gasteiger partial charge on any atom is -0.457 e. The maximum absolute atomic E-state index is 12.8. The van der Waals surface area contributed by atoms with E-state index in [1.54, 1.807) is 30.3 Å². The Morgan fingerprint density at radius 1 is 0.933 bits per heavy atom. The summed E-state index contributed by atoms with van der Waals surface area (Å²) in [4.78, 5) is 25.4. The molecule has 0 atom stereocenters. The molecule has 1 aromatic heterocycles. The van der Waals surface area contributed by atoms with Crippen LogP contribution in [0.25, 0.3) is 17.4 Å². The highest BCUT2D eigenvalue weighted by molar-refractivity contribution is 9.10. The molecule has 0 aliphatic heterocycles. The fourth-order valence-corrected chi connectivity index (χ4v) is 2.96. The van der Waals surface area contributed by atoms with Crippen LogP contribution in [-0.2, 0) is 4.79 Å². The summed E-state index contributed by atoms with van der Waals surface area (Å²) < 4.78 is 6.86. The number of benzene rings is 2. The van der Waals surface area contributed by atoms with Gasteiger partial charge in [0.1, 0.15) is 17.2 Å². The average Bonchev–Trinajstić information content (AvgIpc) is 3.16. The van der Waals surface area contributed by atoms with E-state index < -0.39 is 11.4 Å². The molecule has 3 rings (SSSR count). The zero-order chi connectivity index (χ0) is 21.7. The summed E-state index contributed by atoms with van der Waals surface area (Å²) in [5.74, 6) is 0.359. The zero-order valence-corrected chi connectivity index (χ0v) is 18.6. The van der Waals surface area contributed by atoms with Crippen molar-refractivity contribution in [3.8, 4) is 11.3 Å². The normalized spacial score (nSPS) is 11.8. The second-order valence-electron chi connectivity index (χ2n) is 7.79. The van der Waals surface area contributed by atoms with Crippen LogP contribution in [0.2, 0.25) is 0 Å². The van der Waals surface area contributed by atoms with Crippen molar-refractivity contribution in [1.29, 1.82) is 0 Å². The van der Waals surface area contributed by atoms with E-state index >= 15 is 0 Å². The van der Waals surface area contributed by atoms with Gasteiger partial charge in [-0.2, -0.15) is 0 Å². The third-order valence-corrected chi connectivity index (χ3v) is 4.59. The highest BCUT2D eigenvalue weighted by Crippen LogP contribution is 2.25. The Kier molecular flexibility index (Phi) is 6.57. The molecule has 0 bridgehead atoms. The number of carbonyl (C=O) groups excluding carboxylic acids is 2. The second-order valence-corrected chi connectivity index (χ2v) is 8.71. The first kappa shape index (κ1) is 21.6. The van der Waals surface area contributed by atoms with E-state index in [0.717, 1.165) is 10.0 Å². The molecular formula is C24H23BrN2O3. The topological polar surface area (TPSA) is 71.3 Å². The summed E-state index contributed by atoms with van der Waals surface area (Å²) in [6.45, 7) is 5.63. The number of halogens is 1. The van der Waals surface area contributed by atoms with Gasteiger partial charge in [-0.1, -0.05) is 46.3 Å². The molecule has 0 unspecified atom stereocenters. The molecule has 6 heteroatoms. The maximum Gasteiger partial charge on any atom is 0.268 e. The van der Waals surface area contributed by atoms with E-state index in [1.165, 1.54) is 6.08 Å². The van der Waals surface area contributed by atoms with Crippen molar-refractivity contribution < 1.29 is 14.0 Å². The first-order valence-electron chi connectivity index (χ1n) is 9.48. The third-order valence-electron chi connectivity index (χ3n) is 4.06. The number of hydrogen-bond acceptors (Lipinski definition) is 3. The quantitative estimate of drug-likeness (QED) is 0.494. The first-order chi connectivity index (χ1) is 14.2. The van der Waals surface area contributed by atoms with E-state index in [1.807, 2.05) is 57.2 Å². The Labute approximate surface area is 184 Å². The number of amides is 2. The summed E-state index contributed by atoms with van der Waals surface area (Å²) in [6.07, 6.45) is 1.53. The van der Waals surface area contributed by atoms with Crippen molar-refractivity contribution in [2.45, 2.75) is 26.3 Å². The summed E-state index contributed by atoms with van der Waals surface area (Å²) >= 11 is 3.41. The van der Waals surface area contributed by atoms with Gasteiger partial charge in [-0.05, 0) is 57.2 Å². The van der Waals surface area contributed by atoms with Crippen LogP contribution in [0.4, 0.5) is 0 Å².